The molecule has 4 N–H and O–H groups in total. The Morgan fingerprint density at radius 2 is 1.89 bits per heavy atom. The lowest BCUT2D eigenvalue weighted by molar-refractivity contribution is -0.163. The van der Waals surface area contributed by atoms with Gasteiger partial charge in [0.15, 0.2) is 5.72 Å². The van der Waals surface area contributed by atoms with Crippen LogP contribution in [0.4, 0.5) is 10.5 Å². The summed E-state index contributed by atoms with van der Waals surface area (Å²) in [6, 6.07) is 2.64. The van der Waals surface area contributed by atoms with Crippen LogP contribution in [0.25, 0.3) is 0 Å². The molecular formula is C40H57ClN4O10. The molecule has 1 aromatic carbocycles. The number of allylic oxidation sites excluding steroid dienone is 3. The van der Waals surface area contributed by atoms with E-state index in [0.717, 1.165) is 24.0 Å². The van der Waals surface area contributed by atoms with Crippen LogP contribution in [0.1, 0.15) is 71.8 Å². The van der Waals surface area contributed by atoms with Crippen LogP contribution in [-0.4, -0.2) is 111 Å². The van der Waals surface area contributed by atoms with E-state index in [1.807, 2.05) is 19.9 Å². The number of benzene rings is 1. The first-order valence-electron chi connectivity index (χ1n) is 19.0. The summed E-state index contributed by atoms with van der Waals surface area (Å²) in [6.07, 6.45) is 4.10. The molecule has 0 spiro atoms. The van der Waals surface area contributed by atoms with Gasteiger partial charge in [0.25, 0.3) is 0 Å². The average molecular weight is 789 g/mol. The minimum atomic E-state index is -1.82. The van der Waals surface area contributed by atoms with Crippen molar-refractivity contribution in [3.8, 4) is 5.75 Å². The van der Waals surface area contributed by atoms with Crippen LogP contribution in [0.15, 0.2) is 35.9 Å². The number of nitrogens with one attached hydrogen (secondary N) is 1. The summed E-state index contributed by atoms with van der Waals surface area (Å²) in [5, 5.41) is 14.5. The van der Waals surface area contributed by atoms with Crippen LogP contribution in [0.5, 0.6) is 5.75 Å². The van der Waals surface area contributed by atoms with Gasteiger partial charge in [0.05, 0.1) is 25.3 Å². The number of aliphatic hydroxyl groups is 1. The fraction of sp³-hybridized carbons (Fsp3) is 0.650. The number of methoxy groups -OCH3 is 2. The van der Waals surface area contributed by atoms with Gasteiger partial charge in [-0.3, -0.25) is 14.9 Å². The van der Waals surface area contributed by atoms with Gasteiger partial charge in [-0.15, -0.1) is 0 Å². The third-order valence-corrected chi connectivity index (χ3v) is 12.4. The summed E-state index contributed by atoms with van der Waals surface area (Å²) in [6.45, 7) is 7.66. The fourth-order valence-corrected chi connectivity index (χ4v) is 8.44. The number of amides is 3. The Bertz CT molecular complexity index is 1680. The van der Waals surface area contributed by atoms with Crippen LogP contribution < -0.4 is 20.7 Å². The lowest BCUT2D eigenvalue weighted by Crippen LogP contribution is -2.63. The highest BCUT2D eigenvalue weighted by Gasteiger charge is 2.64. The number of hydrogen-bond acceptors (Lipinski definition) is 11. The first kappa shape index (κ1) is 42.5. The van der Waals surface area contributed by atoms with Crippen molar-refractivity contribution in [2.24, 2.45) is 23.5 Å². The molecule has 15 heteroatoms. The predicted octanol–water partition coefficient (Wildman–Crippen LogP) is 4.28. The first-order valence-corrected chi connectivity index (χ1v) is 19.4. The number of halogens is 1. The van der Waals surface area contributed by atoms with Gasteiger partial charge in [-0.05, 0) is 83.0 Å². The number of likely N-dealkylation sites (N-methyl/N-ethyl adjacent to an activating group) is 1. The van der Waals surface area contributed by atoms with Crippen LogP contribution in [-0.2, 0) is 39.8 Å². The number of hydrogen-bond donors (Lipinski definition) is 3. The molecule has 304 valence electrons. The van der Waals surface area contributed by atoms with Gasteiger partial charge >= 0.3 is 12.1 Å². The Balaban J connectivity index is 1.49. The second kappa shape index (κ2) is 17.2. The zero-order valence-corrected chi connectivity index (χ0v) is 33.9. The summed E-state index contributed by atoms with van der Waals surface area (Å²) in [7, 11) is 6.10. The molecule has 4 aliphatic rings. The summed E-state index contributed by atoms with van der Waals surface area (Å²) in [5.74, 6) is -1.24. The molecule has 14 nitrogen and oxygen atoms in total. The van der Waals surface area contributed by atoms with Crippen LogP contribution in [0.2, 0.25) is 5.02 Å². The molecule has 8 atom stereocenters. The zero-order chi connectivity index (χ0) is 40.4. The average Bonchev–Trinajstić information content (AvgIpc) is 3.86. The zero-order valence-electron chi connectivity index (χ0n) is 33.1. The fourth-order valence-electron chi connectivity index (χ4n) is 8.13. The van der Waals surface area contributed by atoms with E-state index in [-0.39, 0.29) is 29.7 Å². The van der Waals surface area contributed by atoms with Crippen LogP contribution in [0, 0.1) is 17.8 Å². The number of alkyl carbamates (subject to hydrolysis) is 1. The predicted molar refractivity (Wildman–Crippen MR) is 205 cm³/mol. The topological polar surface area (TPSA) is 182 Å². The molecule has 3 aliphatic heterocycles. The smallest absolute Gasteiger partial charge is 0.409 e. The van der Waals surface area contributed by atoms with Crippen molar-refractivity contribution in [3.63, 3.8) is 0 Å². The number of nitrogens with zero attached hydrogens (tertiary/aromatic N) is 2. The largest absolute Gasteiger partial charge is 0.495 e. The van der Waals surface area contributed by atoms with E-state index < -0.39 is 65.7 Å². The van der Waals surface area contributed by atoms with Crippen molar-refractivity contribution in [1.29, 1.82) is 0 Å². The molecule has 4 bridgehead atoms. The minimum absolute atomic E-state index is 0.0468. The maximum Gasteiger partial charge on any atom is 0.409 e. The molecule has 3 amide bonds. The van der Waals surface area contributed by atoms with E-state index in [2.05, 4.69) is 5.32 Å². The van der Waals surface area contributed by atoms with Crippen molar-refractivity contribution in [1.82, 2.24) is 10.2 Å². The molecule has 55 heavy (non-hydrogen) atoms. The second-order valence-electron chi connectivity index (χ2n) is 15.8. The number of ether oxygens (including phenoxy) is 5. The summed E-state index contributed by atoms with van der Waals surface area (Å²) in [5.41, 5.74) is 4.96. The molecule has 5 rings (SSSR count). The number of carbonyl (C=O) groups excluding carboxylic acids is 4. The highest BCUT2D eigenvalue weighted by atomic mass is 35.5. The molecule has 3 heterocycles. The minimum Gasteiger partial charge on any atom is -0.495 e. The van der Waals surface area contributed by atoms with Crippen LogP contribution in [0.3, 0.4) is 0 Å². The van der Waals surface area contributed by atoms with Crippen molar-refractivity contribution in [3.05, 3.63) is 46.5 Å². The van der Waals surface area contributed by atoms with Gasteiger partial charge in [0, 0.05) is 39.5 Å². The lowest BCUT2D eigenvalue weighted by atomic mass is 9.81. The van der Waals surface area contributed by atoms with Crippen LogP contribution >= 0.6 is 11.6 Å². The normalized spacial score (nSPS) is 34.9. The van der Waals surface area contributed by atoms with Crippen molar-refractivity contribution >= 4 is 41.2 Å². The van der Waals surface area contributed by atoms with Gasteiger partial charge in [0.2, 0.25) is 11.8 Å². The number of esters is 1. The number of rotatable bonds is 7. The number of epoxide rings is 1. The summed E-state index contributed by atoms with van der Waals surface area (Å²) < 4.78 is 29.4. The van der Waals surface area contributed by atoms with Gasteiger partial charge < -0.3 is 44.3 Å². The number of nitrogens with two attached hydrogens (primary N) is 1. The van der Waals surface area contributed by atoms with Gasteiger partial charge in [-0.25, -0.2) is 9.59 Å². The van der Waals surface area contributed by atoms with Crippen molar-refractivity contribution in [2.45, 2.75) is 114 Å². The quantitative estimate of drug-likeness (QED) is 0.265. The molecule has 1 unspecified atom stereocenters. The number of anilines is 1. The van der Waals surface area contributed by atoms with Gasteiger partial charge in [0.1, 0.15) is 40.7 Å². The SMILES string of the molecule is COc1cc2cc(c1Cl)N(C)C(=O)C[C@H](OC(=O)[C@H](C)N(C)C(=O)C1CCC(CN)CC1)[C@]1(C)OC1[C@H](C)[C@@H]1C[C@@](O)(NC(=O)O1)[C@H](OC)/C=C/C=C(\C)C2. The molecule has 1 aliphatic carbocycles. The molecule has 3 fully saturated rings. The van der Waals surface area contributed by atoms with Gasteiger partial charge in [-0.1, -0.05) is 42.3 Å². The standard InChI is InChI=1S/C40H57ClN4O10/c1-22-10-9-11-31(52-8)40(50)20-30(53-38(49)43-40)23(2)35-39(4,55-35)32(19-33(46)45(6)28-17-26(16-22)18-29(51-7)34(28)41)54-37(48)24(3)44(5)36(47)27-14-12-25(21-42)13-15-27/h9-11,17-18,23-25,27,30-32,35,50H,12-16,19-21,42H2,1-8H3,(H,43,49)/b11-9+,22-10+/t23-,24+,25?,27?,30+,31-,32+,35?,39+,40+/m1/s1. The third-order valence-electron chi connectivity index (χ3n) is 12.0. The Hall–Kier alpha value is -3.69. The molecule has 1 saturated carbocycles. The highest BCUT2D eigenvalue weighted by molar-refractivity contribution is 6.35. The van der Waals surface area contributed by atoms with E-state index in [0.29, 0.717) is 43.2 Å². The highest BCUT2D eigenvalue weighted by Crippen LogP contribution is 2.49. The first-order chi connectivity index (χ1) is 26.0. The third kappa shape index (κ3) is 9.15. The summed E-state index contributed by atoms with van der Waals surface area (Å²) >= 11 is 6.78. The molecule has 1 aromatic rings. The Morgan fingerprint density at radius 3 is 2.53 bits per heavy atom. The van der Waals surface area contributed by atoms with E-state index in [4.69, 9.17) is 41.0 Å². The van der Waals surface area contributed by atoms with E-state index in [9.17, 15) is 24.3 Å². The Labute approximate surface area is 328 Å². The number of fused-ring (bicyclic) bond motifs is 5. The maximum absolute atomic E-state index is 14.2. The van der Waals surface area contributed by atoms with E-state index in [1.54, 1.807) is 52.2 Å². The number of carbonyl (C=O) groups is 4. The summed E-state index contributed by atoms with van der Waals surface area (Å²) in [4.78, 5) is 57.4. The lowest BCUT2D eigenvalue weighted by Gasteiger charge is -2.42. The van der Waals surface area contributed by atoms with Crippen molar-refractivity contribution in [2.75, 3.05) is 39.8 Å². The van der Waals surface area contributed by atoms with E-state index in [1.165, 1.54) is 24.0 Å². The Kier molecular flexibility index (Phi) is 13.3. The molecule has 0 aromatic heterocycles. The molecule has 0 radical (unpaired) electrons. The monoisotopic (exact) mass is 788 g/mol. The second-order valence-corrected chi connectivity index (χ2v) is 16.2. The van der Waals surface area contributed by atoms with Gasteiger partial charge in [-0.2, -0.15) is 0 Å². The Morgan fingerprint density at radius 1 is 1.20 bits per heavy atom. The van der Waals surface area contributed by atoms with Crippen molar-refractivity contribution < 1.29 is 48.0 Å². The van der Waals surface area contributed by atoms with E-state index >= 15 is 0 Å². The molecule has 2 saturated heterocycles. The molecular weight excluding hydrogens is 732 g/mol. The maximum atomic E-state index is 14.2.